The smallest absolute Gasteiger partial charge is 0.358 e. The zero-order valence-corrected chi connectivity index (χ0v) is 6.94. The van der Waals surface area contributed by atoms with E-state index in [1.807, 2.05) is 0 Å². The first-order valence-corrected chi connectivity index (χ1v) is 3.29. The summed E-state index contributed by atoms with van der Waals surface area (Å²) in [7, 11) is 1.10. The number of rotatable bonds is 0. The maximum Gasteiger partial charge on any atom is 0.434 e. The van der Waals surface area contributed by atoms with Crippen LogP contribution in [0.15, 0.2) is 18.8 Å². The van der Waals surface area contributed by atoms with E-state index in [9.17, 15) is 19.2 Å². The quantitative estimate of drug-likeness (QED) is 0.474. The van der Waals surface area contributed by atoms with E-state index < -0.39 is 23.1 Å². The first-order chi connectivity index (χ1) is 5.95. The van der Waals surface area contributed by atoms with Gasteiger partial charge in [-0.3, -0.25) is 4.79 Å². The SMILES string of the molecule is CC(=O)n1c(=O)oc(=O)n(C)c1=O. The Bertz CT molecular complexity index is 517. The molecular weight excluding hydrogens is 180 g/mol. The van der Waals surface area contributed by atoms with Crippen LogP contribution in [-0.4, -0.2) is 15.0 Å². The lowest BCUT2D eigenvalue weighted by Gasteiger charge is -1.97. The number of nitrogens with zero attached hydrogens (tertiary/aromatic N) is 2. The molecule has 0 bridgehead atoms. The van der Waals surface area contributed by atoms with Crippen molar-refractivity contribution < 1.29 is 9.21 Å². The molecule has 1 rings (SSSR count). The van der Waals surface area contributed by atoms with Crippen LogP contribution in [0.3, 0.4) is 0 Å². The van der Waals surface area contributed by atoms with Crippen LogP contribution in [0, 0.1) is 0 Å². The normalized spacial score (nSPS) is 10.0. The van der Waals surface area contributed by atoms with Crippen LogP contribution in [0.1, 0.15) is 11.7 Å². The molecule has 0 saturated carbocycles. The third-order valence-corrected chi connectivity index (χ3v) is 1.42. The summed E-state index contributed by atoms with van der Waals surface area (Å²) in [5, 5.41) is 0. The van der Waals surface area contributed by atoms with Crippen molar-refractivity contribution in [1.82, 2.24) is 9.13 Å². The highest BCUT2D eigenvalue weighted by molar-refractivity contribution is 5.75. The molecule has 0 aliphatic heterocycles. The third-order valence-electron chi connectivity index (χ3n) is 1.42. The molecule has 1 aromatic heterocycles. The Morgan fingerprint density at radius 1 is 1.23 bits per heavy atom. The summed E-state index contributed by atoms with van der Waals surface area (Å²) >= 11 is 0. The summed E-state index contributed by atoms with van der Waals surface area (Å²) in [6.07, 6.45) is 0. The van der Waals surface area contributed by atoms with Gasteiger partial charge in [0.2, 0.25) is 5.91 Å². The highest BCUT2D eigenvalue weighted by Crippen LogP contribution is 1.68. The van der Waals surface area contributed by atoms with Gasteiger partial charge in [0.25, 0.3) is 0 Å². The van der Waals surface area contributed by atoms with E-state index in [2.05, 4.69) is 4.42 Å². The maximum absolute atomic E-state index is 11.1. The number of carbonyl (C=O) groups excluding carboxylic acids is 1. The van der Waals surface area contributed by atoms with Gasteiger partial charge in [-0.25, -0.2) is 19.0 Å². The number of carbonyl (C=O) groups is 1. The predicted octanol–water partition coefficient (Wildman–Crippen LogP) is -1.84. The van der Waals surface area contributed by atoms with Gasteiger partial charge in [-0.1, -0.05) is 0 Å². The molecule has 13 heavy (non-hydrogen) atoms. The predicted molar refractivity (Wildman–Crippen MR) is 40.8 cm³/mol. The van der Waals surface area contributed by atoms with Crippen molar-refractivity contribution >= 4 is 5.91 Å². The highest BCUT2D eigenvalue weighted by Gasteiger charge is 2.11. The highest BCUT2D eigenvalue weighted by atomic mass is 16.5. The van der Waals surface area contributed by atoms with Crippen molar-refractivity contribution in [3.05, 3.63) is 31.6 Å². The van der Waals surface area contributed by atoms with Crippen LogP contribution in [0.4, 0.5) is 0 Å². The van der Waals surface area contributed by atoms with E-state index in [0.29, 0.717) is 4.57 Å². The van der Waals surface area contributed by atoms with E-state index in [1.165, 1.54) is 0 Å². The number of hydrogen-bond donors (Lipinski definition) is 0. The Kier molecular flexibility index (Phi) is 2.01. The molecule has 0 N–H and O–H groups in total. The van der Waals surface area contributed by atoms with Gasteiger partial charge in [0.15, 0.2) is 0 Å². The molecule has 0 spiro atoms. The van der Waals surface area contributed by atoms with Gasteiger partial charge in [-0.2, -0.15) is 4.57 Å². The van der Waals surface area contributed by atoms with Crippen LogP contribution in [-0.2, 0) is 7.05 Å². The minimum absolute atomic E-state index is 0.237. The molecule has 0 aliphatic carbocycles. The summed E-state index contributed by atoms with van der Waals surface area (Å²) in [6.45, 7) is 1.02. The van der Waals surface area contributed by atoms with Gasteiger partial charge in [-0.05, 0) is 0 Å². The Morgan fingerprint density at radius 3 is 2.23 bits per heavy atom. The zero-order valence-electron chi connectivity index (χ0n) is 6.94. The largest absolute Gasteiger partial charge is 0.434 e. The van der Waals surface area contributed by atoms with E-state index >= 15 is 0 Å². The average molecular weight is 186 g/mol. The topological polar surface area (TPSA) is 91.3 Å². The summed E-state index contributed by atoms with van der Waals surface area (Å²) in [5.41, 5.74) is -1.01. The van der Waals surface area contributed by atoms with Gasteiger partial charge in [0, 0.05) is 14.0 Å². The van der Waals surface area contributed by atoms with Crippen molar-refractivity contribution in [2.45, 2.75) is 6.92 Å². The van der Waals surface area contributed by atoms with Crippen molar-refractivity contribution in [2.75, 3.05) is 0 Å². The Labute approximate surface area is 70.8 Å². The lowest BCUT2D eigenvalue weighted by molar-refractivity contribution is 0.0907. The second-order valence-electron chi connectivity index (χ2n) is 2.33. The molecule has 0 aliphatic rings. The van der Waals surface area contributed by atoms with Crippen LogP contribution in [0.25, 0.3) is 0 Å². The Hall–Kier alpha value is -1.92. The van der Waals surface area contributed by atoms with Crippen LogP contribution in [0.2, 0.25) is 0 Å². The monoisotopic (exact) mass is 186 g/mol. The van der Waals surface area contributed by atoms with Crippen LogP contribution in [0.5, 0.6) is 0 Å². The molecule has 0 atom stereocenters. The molecule has 1 heterocycles. The maximum atomic E-state index is 11.1. The molecule has 0 unspecified atom stereocenters. The molecule has 0 aromatic carbocycles. The number of aromatic nitrogens is 2. The molecule has 0 fully saturated rings. The standard InChI is InChI=1S/C6H6N2O5/c1-3(9)8-4(10)7(2)5(11)13-6(8)12/h1-2H3. The molecule has 0 amide bonds. The minimum Gasteiger partial charge on any atom is -0.358 e. The van der Waals surface area contributed by atoms with E-state index in [4.69, 9.17) is 0 Å². The molecule has 70 valence electrons. The fourth-order valence-electron chi connectivity index (χ4n) is 0.758. The second-order valence-corrected chi connectivity index (χ2v) is 2.33. The average Bonchev–Trinajstić information content (AvgIpc) is 1.99. The van der Waals surface area contributed by atoms with Gasteiger partial charge < -0.3 is 4.42 Å². The summed E-state index contributed by atoms with van der Waals surface area (Å²) in [5.74, 6) is -3.15. The molecule has 7 heteroatoms. The van der Waals surface area contributed by atoms with Crippen molar-refractivity contribution in [3.63, 3.8) is 0 Å². The first-order valence-electron chi connectivity index (χ1n) is 3.29. The third kappa shape index (κ3) is 1.35. The van der Waals surface area contributed by atoms with Crippen molar-refractivity contribution in [1.29, 1.82) is 0 Å². The van der Waals surface area contributed by atoms with Gasteiger partial charge in [0.1, 0.15) is 0 Å². The van der Waals surface area contributed by atoms with E-state index in [1.54, 1.807) is 0 Å². The summed E-state index contributed by atoms with van der Waals surface area (Å²) < 4.78 is 4.84. The lowest BCUT2D eigenvalue weighted by atomic mass is 10.7. The van der Waals surface area contributed by atoms with Gasteiger partial charge >= 0.3 is 17.2 Å². The Balaban J connectivity index is 3.85. The fourth-order valence-corrected chi connectivity index (χ4v) is 0.758. The molecule has 7 nitrogen and oxygen atoms in total. The van der Waals surface area contributed by atoms with Crippen LogP contribution < -0.4 is 17.2 Å². The minimum atomic E-state index is -1.26. The summed E-state index contributed by atoms with van der Waals surface area (Å²) in [4.78, 5) is 43.4. The number of hydrogen-bond acceptors (Lipinski definition) is 5. The fraction of sp³-hybridized carbons (Fsp3) is 0.333. The molecule has 0 saturated heterocycles. The Morgan fingerprint density at radius 2 is 1.77 bits per heavy atom. The van der Waals surface area contributed by atoms with Crippen molar-refractivity contribution in [2.24, 2.45) is 7.05 Å². The van der Waals surface area contributed by atoms with Gasteiger partial charge in [-0.15, -0.1) is 0 Å². The lowest BCUT2D eigenvalue weighted by Crippen LogP contribution is -2.47. The first kappa shape index (κ1) is 9.17. The second kappa shape index (κ2) is 2.85. The molecule has 0 radical (unpaired) electrons. The van der Waals surface area contributed by atoms with Gasteiger partial charge in [0.05, 0.1) is 0 Å². The van der Waals surface area contributed by atoms with E-state index in [0.717, 1.165) is 14.0 Å². The zero-order chi connectivity index (χ0) is 10.2. The summed E-state index contributed by atoms with van der Waals surface area (Å²) in [6, 6.07) is 0. The van der Waals surface area contributed by atoms with Crippen LogP contribution >= 0.6 is 0 Å². The molecule has 1 aromatic rings. The van der Waals surface area contributed by atoms with Crippen molar-refractivity contribution in [3.8, 4) is 0 Å². The van der Waals surface area contributed by atoms with E-state index in [-0.39, 0.29) is 4.57 Å². The molecular formula is C6H6N2O5.